The molecule has 1 aromatic carbocycles. The molecular formula is C12H12N2O5S. The minimum absolute atomic E-state index is 0.00249. The van der Waals surface area contributed by atoms with Crippen LogP contribution in [-0.4, -0.2) is 35.9 Å². The van der Waals surface area contributed by atoms with Gasteiger partial charge in [0.15, 0.2) is 15.7 Å². The van der Waals surface area contributed by atoms with Gasteiger partial charge in [-0.25, -0.2) is 13.2 Å². The number of carboxylic acid groups (broad SMARTS) is 1. The van der Waals surface area contributed by atoms with Crippen molar-refractivity contribution in [1.82, 2.24) is 10.1 Å². The molecule has 0 saturated carbocycles. The predicted octanol–water partition coefficient (Wildman–Crippen LogP) is 1.54. The average Bonchev–Trinajstić information content (AvgIpc) is 2.86. The van der Waals surface area contributed by atoms with E-state index in [1.807, 2.05) is 0 Å². The Balaban J connectivity index is 2.47. The molecule has 1 unspecified atom stereocenters. The fourth-order valence-electron chi connectivity index (χ4n) is 1.56. The van der Waals surface area contributed by atoms with Crippen LogP contribution in [-0.2, 0) is 9.84 Å². The van der Waals surface area contributed by atoms with E-state index in [9.17, 15) is 13.2 Å². The van der Waals surface area contributed by atoms with Crippen LogP contribution in [0.2, 0.25) is 0 Å². The number of rotatable bonds is 4. The first-order chi connectivity index (χ1) is 9.30. The number of aromatic nitrogens is 2. The molecule has 20 heavy (non-hydrogen) atoms. The number of carboxylic acids is 1. The van der Waals surface area contributed by atoms with Crippen LogP contribution in [0, 0.1) is 0 Å². The summed E-state index contributed by atoms with van der Waals surface area (Å²) in [5, 5.41) is 11.8. The lowest BCUT2D eigenvalue weighted by atomic mass is 10.1. The second-order valence-corrected chi connectivity index (χ2v) is 6.65. The van der Waals surface area contributed by atoms with E-state index in [0.29, 0.717) is 0 Å². The van der Waals surface area contributed by atoms with Crippen molar-refractivity contribution in [3.63, 3.8) is 0 Å². The Morgan fingerprint density at radius 3 is 2.60 bits per heavy atom. The van der Waals surface area contributed by atoms with Crippen molar-refractivity contribution in [2.45, 2.75) is 12.2 Å². The molecule has 0 aliphatic heterocycles. The summed E-state index contributed by atoms with van der Waals surface area (Å²) in [6.07, 6.45) is 1.07. The van der Waals surface area contributed by atoms with Gasteiger partial charge in [0.05, 0.1) is 11.1 Å². The Hall–Kier alpha value is -2.22. The van der Waals surface area contributed by atoms with Crippen LogP contribution >= 0.6 is 0 Å². The zero-order valence-electron chi connectivity index (χ0n) is 10.8. The van der Waals surface area contributed by atoms with Gasteiger partial charge in [0.2, 0.25) is 0 Å². The molecule has 0 radical (unpaired) electrons. The van der Waals surface area contributed by atoms with E-state index in [1.165, 1.54) is 19.1 Å². The number of sulfone groups is 1. The molecule has 0 spiro atoms. The van der Waals surface area contributed by atoms with E-state index < -0.39 is 21.1 Å². The highest BCUT2D eigenvalue weighted by atomic mass is 32.2. The van der Waals surface area contributed by atoms with E-state index in [2.05, 4.69) is 10.1 Å². The number of hydrogen-bond acceptors (Lipinski definition) is 6. The fraction of sp³-hybridized carbons (Fsp3) is 0.250. The van der Waals surface area contributed by atoms with Crippen molar-refractivity contribution in [2.75, 3.05) is 6.26 Å². The molecule has 1 N–H and O–H groups in total. The number of nitrogens with zero attached hydrogens (tertiary/aromatic N) is 2. The first-order valence-corrected chi connectivity index (χ1v) is 7.61. The Morgan fingerprint density at radius 2 is 2.00 bits per heavy atom. The van der Waals surface area contributed by atoms with E-state index in [1.54, 1.807) is 12.1 Å². The minimum atomic E-state index is -3.35. The van der Waals surface area contributed by atoms with E-state index >= 15 is 0 Å². The first-order valence-electron chi connectivity index (χ1n) is 5.66. The van der Waals surface area contributed by atoms with E-state index in [4.69, 9.17) is 9.63 Å². The maximum atomic E-state index is 11.4. The lowest BCUT2D eigenvalue weighted by molar-refractivity contribution is 0.0697. The van der Waals surface area contributed by atoms with Gasteiger partial charge in [-0.15, -0.1) is 0 Å². The van der Waals surface area contributed by atoms with Gasteiger partial charge in [-0.05, 0) is 19.1 Å². The maximum Gasteiger partial charge on any atom is 0.336 e. The van der Waals surface area contributed by atoms with Crippen molar-refractivity contribution >= 4 is 15.8 Å². The summed E-state index contributed by atoms with van der Waals surface area (Å²) in [5.74, 6) is -1.15. The fourth-order valence-corrected chi connectivity index (χ4v) is 2.04. The molecule has 7 nitrogen and oxygen atoms in total. The second-order valence-electron chi connectivity index (χ2n) is 4.28. The third kappa shape index (κ3) is 2.69. The summed E-state index contributed by atoms with van der Waals surface area (Å²) < 4.78 is 27.8. The Bertz CT molecular complexity index is 751. The Kier molecular flexibility index (Phi) is 3.58. The molecule has 1 atom stereocenters. The summed E-state index contributed by atoms with van der Waals surface area (Å²) in [6.45, 7) is 1.44. The summed E-state index contributed by atoms with van der Waals surface area (Å²) in [7, 11) is -3.35. The van der Waals surface area contributed by atoms with Crippen molar-refractivity contribution in [1.29, 1.82) is 0 Å². The lowest BCUT2D eigenvalue weighted by Gasteiger charge is -2.02. The van der Waals surface area contributed by atoms with Crippen molar-refractivity contribution in [2.24, 2.45) is 0 Å². The van der Waals surface area contributed by atoms with Crippen molar-refractivity contribution in [3.05, 3.63) is 35.7 Å². The highest BCUT2D eigenvalue weighted by molar-refractivity contribution is 7.90. The zero-order chi connectivity index (χ0) is 14.9. The quantitative estimate of drug-likeness (QED) is 0.910. The van der Waals surface area contributed by atoms with Crippen LogP contribution in [0.25, 0.3) is 11.5 Å². The Morgan fingerprint density at radius 1 is 1.35 bits per heavy atom. The smallest absolute Gasteiger partial charge is 0.336 e. The molecule has 1 aromatic heterocycles. The molecule has 0 aliphatic rings. The van der Waals surface area contributed by atoms with Crippen LogP contribution in [0.3, 0.4) is 0 Å². The van der Waals surface area contributed by atoms with Crippen LogP contribution in [0.4, 0.5) is 0 Å². The number of aromatic carboxylic acids is 1. The van der Waals surface area contributed by atoms with Crippen molar-refractivity contribution < 1.29 is 22.8 Å². The SMILES string of the molecule is CC(c1noc(-c2ccccc2C(=O)O)n1)S(C)(=O)=O. The van der Waals surface area contributed by atoms with Crippen LogP contribution in [0.5, 0.6) is 0 Å². The molecule has 0 aliphatic carbocycles. The second kappa shape index (κ2) is 5.04. The molecule has 2 rings (SSSR count). The summed E-state index contributed by atoms with van der Waals surface area (Å²) in [6, 6.07) is 6.13. The third-order valence-corrected chi connectivity index (χ3v) is 4.33. The number of carbonyl (C=O) groups is 1. The molecule has 8 heteroatoms. The van der Waals surface area contributed by atoms with Crippen LogP contribution < -0.4 is 0 Å². The van der Waals surface area contributed by atoms with Gasteiger partial charge in [-0.2, -0.15) is 4.98 Å². The molecule has 1 heterocycles. The van der Waals surface area contributed by atoms with Crippen LogP contribution in [0.1, 0.15) is 28.4 Å². The van der Waals surface area contributed by atoms with Gasteiger partial charge in [-0.1, -0.05) is 17.3 Å². The first kappa shape index (κ1) is 14.2. The topological polar surface area (TPSA) is 110 Å². The Labute approximate surface area is 115 Å². The van der Waals surface area contributed by atoms with Gasteiger partial charge in [0.1, 0.15) is 5.25 Å². The molecule has 2 aromatic rings. The van der Waals surface area contributed by atoms with Gasteiger partial charge < -0.3 is 9.63 Å². The van der Waals surface area contributed by atoms with E-state index in [0.717, 1.165) is 6.26 Å². The minimum Gasteiger partial charge on any atom is -0.478 e. The molecule has 0 saturated heterocycles. The zero-order valence-corrected chi connectivity index (χ0v) is 11.6. The number of benzene rings is 1. The van der Waals surface area contributed by atoms with Crippen LogP contribution in [0.15, 0.2) is 28.8 Å². The largest absolute Gasteiger partial charge is 0.478 e. The normalized spacial score (nSPS) is 13.1. The summed E-state index contributed by atoms with van der Waals surface area (Å²) in [5.41, 5.74) is 0.258. The van der Waals surface area contributed by atoms with E-state index in [-0.39, 0.29) is 22.8 Å². The standard InChI is InChI=1S/C12H12N2O5S/c1-7(20(2,17)18)10-13-11(19-14-10)8-5-3-4-6-9(8)12(15)16/h3-7H,1-2H3,(H,15,16). The predicted molar refractivity (Wildman–Crippen MR) is 70.0 cm³/mol. The third-order valence-electron chi connectivity index (χ3n) is 2.84. The van der Waals surface area contributed by atoms with Crippen molar-refractivity contribution in [3.8, 4) is 11.5 Å². The maximum absolute atomic E-state index is 11.4. The number of hydrogen-bond donors (Lipinski definition) is 1. The molecular weight excluding hydrogens is 284 g/mol. The van der Waals surface area contributed by atoms with Gasteiger partial charge in [0, 0.05) is 6.26 Å². The average molecular weight is 296 g/mol. The molecule has 106 valence electrons. The lowest BCUT2D eigenvalue weighted by Crippen LogP contribution is -2.09. The molecule has 0 amide bonds. The van der Waals surface area contributed by atoms with Gasteiger partial charge >= 0.3 is 5.97 Å². The highest BCUT2D eigenvalue weighted by Crippen LogP contribution is 2.25. The monoisotopic (exact) mass is 296 g/mol. The molecule has 0 bridgehead atoms. The summed E-state index contributed by atoms with van der Waals surface area (Å²) >= 11 is 0. The highest BCUT2D eigenvalue weighted by Gasteiger charge is 2.24. The summed E-state index contributed by atoms with van der Waals surface area (Å²) in [4.78, 5) is 15.1. The van der Waals surface area contributed by atoms with Gasteiger partial charge in [-0.3, -0.25) is 0 Å². The van der Waals surface area contributed by atoms with Gasteiger partial charge in [0.25, 0.3) is 5.89 Å². The molecule has 0 fully saturated rings.